The largest absolute Gasteiger partial charge is 0.482 e. The van der Waals surface area contributed by atoms with E-state index in [-0.39, 0.29) is 25.7 Å². The Morgan fingerprint density at radius 1 is 1.56 bits per heavy atom. The molecule has 18 heavy (non-hydrogen) atoms. The second-order valence-corrected chi connectivity index (χ2v) is 4.53. The average molecular weight is 315 g/mol. The van der Waals surface area contributed by atoms with E-state index in [0.29, 0.717) is 11.4 Å². The van der Waals surface area contributed by atoms with Gasteiger partial charge in [0.05, 0.1) is 12.2 Å². The van der Waals surface area contributed by atoms with Gasteiger partial charge < -0.3 is 20.1 Å². The summed E-state index contributed by atoms with van der Waals surface area (Å²) in [5, 5.41) is 0. The van der Waals surface area contributed by atoms with Gasteiger partial charge in [-0.1, -0.05) is 15.9 Å². The summed E-state index contributed by atoms with van der Waals surface area (Å²) in [7, 11) is 0. The van der Waals surface area contributed by atoms with Crippen molar-refractivity contribution >= 4 is 33.6 Å². The van der Waals surface area contributed by atoms with E-state index in [1.54, 1.807) is 12.1 Å². The number of carbonyl (C=O) groups is 2. The molecule has 0 saturated heterocycles. The molecule has 1 aliphatic rings. The fourth-order valence-corrected chi connectivity index (χ4v) is 2.00. The maximum absolute atomic E-state index is 11.7. The molecule has 1 aliphatic heterocycles. The highest BCUT2D eigenvalue weighted by Gasteiger charge is 2.25. The summed E-state index contributed by atoms with van der Waals surface area (Å²) in [5.41, 5.74) is 5.52. The van der Waals surface area contributed by atoms with Crippen LogP contribution in [0.15, 0.2) is 22.7 Å². The normalized spacial score (nSPS) is 13.8. The predicted molar refractivity (Wildman–Crippen MR) is 67.5 cm³/mol. The van der Waals surface area contributed by atoms with E-state index in [9.17, 15) is 9.59 Å². The monoisotopic (exact) mass is 314 g/mol. The van der Waals surface area contributed by atoms with Gasteiger partial charge in [-0.05, 0) is 18.2 Å². The number of hydrogen-bond donors (Lipinski definition) is 1. The zero-order valence-corrected chi connectivity index (χ0v) is 11.0. The fourth-order valence-electron chi connectivity index (χ4n) is 1.66. The first kappa shape index (κ1) is 12.7. The topological polar surface area (TPSA) is 81.9 Å². The molecule has 0 saturated carbocycles. The van der Waals surface area contributed by atoms with Gasteiger partial charge >= 0.3 is 6.09 Å². The van der Waals surface area contributed by atoms with Crippen LogP contribution >= 0.6 is 15.9 Å². The Labute approximate surface area is 112 Å². The minimum absolute atomic E-state index is 0.0278. The molecular formula is C11H11BrN2O4. The highest BCUT2D eigenvalue weighted by molar-refractivity contribution is 9.10. The number of primary amides is 1. The number of nitrogens with zero attached hydrogens (tertiary/aromatic N) is 1. The van der Waals surface area contributed by atoms with Gasteiger partial charge in [0.2, 0.25) is 0 Å². The highest BCUT2D eigenvalue weighted by Crippen LogP contribution is 2.34. The SMILES string of the molecule is NC(=O)OCCN1C(=O)COc2cc(Br)ccc21. The molecule has 2 rings (SSSR count). The van der Waals surface area contributed by atoms with E-state index < -0.39 is 6.09 Å². The number of amides is 2. The highest BCUT2D eigenvalue weighted by atomic mass is 79.9. The van der Waals surface area contributed by atoms with Crippen molar-refractivity contribution < 1.29 is 19.1 Å². The smallest absolute Gasteiger partial charge is 0.404 e. The standard InChI is InChI=1S/C11H11BrN2O4/c12-7-1-2-8-9(5-7)18-6-10(15)14(8)3-4-17-11(13)16/h1-2,5H,3-4,6H2,(H2,13,16). The van der Waals surface area contributed by atoms with Crippen LogP contribution in [-0.2, 0) is 9.53 Å². The number of hydrogen-bond acceptors (Lipinski definition) is 4. The number of halogens is 1. The van der Waals surface area contributed by atoms with E-state index in [2.05, 4.69) is 20.7 Å². The lowest BCUT2D eigenvalue weighted by atomic mass is 10.2. The molecule has 1 heterocycles. The van der Waals surface area contributed by atoms with Gasteiger partial charge in [0, 0.05) is 4.47 Å². The molecular weight excluding hydrogens is 304 g/mol. The van der Waals surface area contributed by atoms with Crippen molar-refractivity contribution in [3.63, 3.8) is 0 Å². The van der Waals surface area contributed by atoms with Crippen LogP contribution in [0.5, 0.6) is 5.75 Å². The zero-order chi connectivity index (χ0) is 13.1. The third kappa shape index (κ3) is 2.73. The third-order valence-corrected chi connectivity index (χ3v) is 2.92. The number of benzene rings is 1. The molecule has 0 atom stereocenters. The molecule has 0 unspecified atom stereocenters. The van der Waals surface area contributed by atoms with Crippen molar-refractivity contribution in [3.8, 4) is 5.75 Å². The van der Waals surface area contributed by atoms with Crippen molar-refractivity contribution in [1.29, 1.82) is 0 Å². The van der Waals surface area contributed by atoms with Gasteiger partial charge in [-0.3, -0.25) is 4.79 Å². The van der Waals surface area contributed by atoms with Gasteiger partial charge in [-0.2, -0.15) is 0 Å². The number of rotatable bonds is 3. The summed E-state index contributed by atoms with van der Waals surface area (Å²) in [6, 6.07) is 5.35. The zero-order valence-electron chi connectivity index (χ0n) is 9.39. The molecule has 0 aromatic heterocycles. The Morgan fingerprint density at radius 2 is 2.33 bits per heavy atom. The maximum atomic E-state index is 11.7. The molecule has 6 nitrogen and oxygen atoms in total. The van der Waals surface area contributed by atoms with Crippen LogP contribution in [0.2, 0.25) is 0 Å². The molecule has 0 bridgehead atoms. The van der Waals surface area contributed by atoms with E-state index in [0.717, 1.165) is 4.47 Å². The second-order valence-electron chi connectivity index (χ2n) is 3.61. The summed E-state index contributed by atoms with van der Waals surface area (Å²) in [6.45, 7) is 0.274. The lowest BCUT2D eigenvalue weighted by molar-refractivity contribution is -0.121. The van der Waals surface area contributed by atoms with Gasteiger partial charge in [0.25, 0.3) is 5.91 Å². The van der Waals surface area contributed by atoms with E-state index in [1.165, 1.54) is 4.90 Å². The summed E-state index contributed by atoms with van der Waals surface area (Å²) < 4.78 is 10.8. The Hall–Kier alpha value is -1.76. The first-order valence-corrected chi connectivity index (χ1v) is 6.02. The van der Waals surface area contributed by atoms with E-state index >= 15 is 0 Å². The van der Waals surface area contributed by atoms with Crippen LogP contribution in [0.3, 0.4) is 0 Å². The first-order valence-electron chi connectivity index (χ1n) is 5.23. The van der Waals surface area contributed by atoms with Gasteiger partial charge in [0.1, 0.15) is 12.4 Å². The van der Waals surface area contributed by atoms with Crippen LogP contribution in [0.1, 0.15) is 0 Å². The number of nitrogens with two attached hydrogens (primary N) is 1. The van der Waals surface area contributed by atoms with Gasteiger partial charge in [-0.25, -0.2) is 4.79 Å². The van der Waals surface area contributed by atoms with Crippen molar-refractivity contribution in [2.75, 3.05) is 24.7 Å². The minimum Gasteiger partial charge on any atom is -0.482 e. The molecule has 1 aromatic rings. The maximum Gasteiger partial charge on any atom is 0.404 e. The van der Waals surface area contributed by atoms with E-state index in [4.69, 9.17) is 10.5 Å². The van der Waals surface area contributed by atoms with Crippen LogP contribution in [0.4, 0.5) is 10.5 Å². The Kier molecular flexibility index (Phi) is 3.71. The van der Waals surface area contributed by atoms with Gasteiger partial charge in [-0.15, -0.1) is 0 Å². The predicted octanol–water partition coefficient (Wildman–Crippen LogP) is 1.27. The third-order valence-electron chi connectivity index (χ3n) is 2.42. The van der Waals surface area contributed by atoms with Crippen molar-refractivity contribution in [3.05, 3.63) is 22.7 Å². The van der Waals surface area contributed by atoms with E-state index in [1.807, 2.05) is 6.07 Å². The quantitative estimate of drug-likeness (QED) is 0.911. The van der Waals surface area contributed by atoms with Gasteiger partial charge in [0.15, 0.2) is 6.61 Å². The molecule has 0 radical (unpaired) electrons. The molecule has 96 valence electrons. The Balaban J connectivity index is 2.15. The molecule has 2 amide bonds. The molecule has 0 aliphatic carbocycles. The Bertz CT molecular complexity index is 492. The van der Waals surface area contributed by atoms with Crippen molar-refractivity contribution in [2.45, 2.75) is 0 Å². The average Bonchev–Trinajstić information content (AvgIpc) is 2.31. The second kappa shape index (κ2) is 5.26. The lowest BCUT2D eigenvalue weighted by Gasteiger charge is -2.29. The lowest BCUT2D eigenvalue weighted by Crippen LogP contribution is -2.41. The fraction of sp³-hybridized carbons (Fsp3) is 0.273. The van der Waals surface area contributed by atoms with Crippen molar-refractivity contribution in [1.82, 2.24) is 0 Å². The number of ether oxygens (including phenoxy) is 2. The summed E-state index contributed by atoms with van der Waals surface area (Å²) in [6.07, 6.45) is -0.855. The van der Waals surface area contributed by atoms with Crippen molar-refractivity contribution in [2.24, 2.45) is 5.73 Å². The van der Waals surface area contributed by atoms with Crippen LogP contribution in [0.25, 0.3) is 0 Å². The summed E-state index contributed by atoms with van der Waals surface area (Å²) in [4.78, 5) is 23.7. The Morgan fingerprint density at radius 3 is 3.06 bits per heavy atom. The van der Waals surface area contributed by atoms with Crippen LogP contribution in [0, 0.1) is 0 Å². The molecule has 2 N–H and O–H groups in total. The number of carbonyl (C=O) groups excluding carboxylic acids is 2. The molecule has 0 fully saturated rings. The number of fused-ring (bicyclic) bond motifs is 1. The summed E-state index contributed by atoms with van der Waals surface area (Å²) in [5.74, 6) is 0.431. The molecule has 7 heteroatoms. The first-order chi connectivity index (χ1) is 8.58. The number of anilines is 1. The minimum atomic E-state index is -0.855. The van der Waals surface area contributed by atoms with Crippen LogP contribution in [-0.4, -0.2) is 31.8 Å². The van der Waals surface area contributed by atoms with Crippen LogP contribution < -0.4 is 15.4 Å². The molecule has 0 spiro atoms. The summed E-state index contributed by atoms with van der Waals surface area (Å²) >= 11 is 3.33. The molecule has 1 aromatic carbocycles.